The van der Waals surface area contributed by atoms with Crippen LogP contribution in [0.4, 0.5) is 0 Å². The van der Waals surface area contributed by atoms with Gasteiger partial charge in [-0.3, -0.25) is 9.59 Å². The summed E-state index contributed by atoms with van der Waals surface area (Å²) < 4.78 is 5.53. The minimum absolute atomic E-state index is 0.0244. The minimum atomic E-state index is -0.659. The molecule has 0 aromatic carbocycles. The zero-order chi connectivity index (χ0) is 64.2. The van der Waals surface area contributed by atoms with Crippen LogP contribution in [0.25, 0.3) is 0 Å². The molecule has 0 spiro atoms. The topological polar surface area (TPSA) is 95.9 Å². The summed E-state index contributed by atoms with van der Waals surface area (Å²) in [6.45, 7) is 5.02. The van der Waals surface area contributed by atoms with Crippen LogP contribution in [0.15, 0.2) is 0 Å². The van der Waals surface area contributed by atoms with Gasteiger partial charge in [0.05, 0.1) is 25.4 Å². The summed E-state index contributed by atoms with van der Waals surface area (Å²) in [5.41, 5.74) is 0. The van der Waals surface area contributed by atoms with E-state index in [-0.39, 0.29) is 18.5 Å². The molecule has 6 nitrogen and oxygen atoms in total. The van der Waals surface area contributed by atoms with E-state index >= 15 is 0 Å². The molecular formula is C83H165NO5. The number of amides is 1. The highest BCUT2D eigenvalue weighted by atomic mass is 16.5. The van der Waals surface area contributed by atoms with Crippen LogP contribution < -0.4 is 5.32 Å². The van der Waals surface area contributed by atoms with Crippen molar-refractivity contribution in [2.24, 2.45) is 0 Å². The fraction of sp³-hybridized carbons (Fsp3) is 0.976. The largest absolute Gasteiger partial charge is 0.466 e. The van der Waals surface area contributed by atoms with Gasteiger partial charge in [-0.2, -0.15) is 0 Å². The van der Waals surface area contributed by atoms with Crippen molar-refractivity contribution in [1.29, 1.82) is 0 Å². The zero-order valence-electron chi connectivity index (χ0n) is 61.2. The van der Waals surface area contributed by atoms with Crippen LogP contribution in [-0.2, 0) is 14.3 Å². The normalized spacial score (nSPS) is 12.4. The van der Waals surface area contributed by atoms with E-state index in [1.54, 1.807) is 0 Å². The van der Waals surface area contributed by atoms with Gasteiger partial charge < -0.3 is 20.3 Å². The Balaban J connectivity index is 3.27. The highest BCUT2D eigenvalue weighted by Crippen LogP contribution is 2.21. The summed E-state index contributed by atoms with van der Waals surface area (Å²) in [6, 6.07) is -0.536. The Hall–Kier alpha value is -1.14. The summed E-state index contributed by atoms with van der Waals surface area (Å²) >= 11 is 0. The first-order chi connectivity index (χ1) is 44.0. The van der Waals surface area contributed by atoms with Crippen molar-refractivity contribution < 1.29 is 24.5 Å². The molecule has 0 heterocycles. The molecule has 0 aliphatic rings. The Morgan fingerprint density at radius 3 is 0.685 bits per heavy atom. The average Bonchev–Trinajstić information content (AvgIpc) is 3.56. The number of nitrogens with one attached hydrogen (secondary N) is 1. The molecule has 0 saturated carbocycles. The zero-order valence-corrected chi connectivity index (χ0v) is 61.2. The molecule has 6 heteroatoms. The fourth-order valence-electron chi connectivity index (χ4n) is 13.8. The third kappa shape index (κ3) is 75.8. The van der Waals surface area contributed by atoms with Crippen LogP contribution in [0.2, 0.25) is 0 Å². The highest BCUT2D eigenvalue weighted by Gasteiger charge is 2.20. The second kappa shape index (κ2) is 79.3. The van der Waals surface area contributed by atoms with E-state index in [1.807, 2.05) is 0 Å². The van der Waals surface area contributed by atoms with E-state index in [9.17, 15) is 19.8 Å². The predicted molar refractivity (Wildman–Crippen MR) is 394 cm³/mol. The number of rotatable bonds is 80. The van der Waals surface area contributed by atoms with Gasteiger partial charge in [0.25, 0.3) is 0 Å². The Bertz CT molecular complexity index is 1310. The van der Waals surface area contributed by atoms with Gasteiger partial charge in [0.1, 0.15) is 0 Å². The van der Waals surface area contributed by atoms with Gasteiger partial charge in [-0.15, -0.1) is 0 Å². The van der Waals surface area contributed by atoms with E-state index in [0.717, 1.165) is 38.5 Å². The summed E-state index contributed by atoms with van der Waals surface area (Å²) in [7, 11) is 0. The van der Waals surface area contributed by atoms with Crippen molar-refractivity contribution in [2.45, 2.75) is 508 Å². The SMILES string of the molecule is CCCCCCCCCCCCCCCCCCCCCC(=O)OCCCCCCCCCCCCCCCCCCCCCCCCCCCCCCCCCCCCCCCC(=O)NC(CO)C(O)CCCCCCCCCCCCCCCCCC. The van der Waals surface area contributed by atoms with Crippen LogP contribution >= 0.6 is 0 Å². The van der Waals surface area contributed by atoms with Crippen molar-refractivity contribution in [3.63, 3.8) is 0 Å². The lowest BCUT2D eigenvalue weighted by Crippen LogP contribution is -2.45. The molecule has 0 aromatic heterocycles. The summed E-state index contributed by atoms with van der Waals surface area (Å²) in [5, 5.41) is 23.4. The summed E-state index contributed by atoms with van der Waals surface area (Å²) in [4.78, 5) is 24.7. The lowest BCUT2D eigenvalue weighted by Gasteiger charge is -2.22. The van der Waals surface area contributed by atoms with Gasteiger partial charge >= 0.3 is 5.97 Å². The number of aliphatic hydroxyl groups is 2. The predicted octanol–water partition coefficient (Wildman–Crippen LogP) is 27.7. The Morgan fingerprint density at radius 2 is 0.461 bits per heavy atom. The molecule has 0 rings (SSSR count). The smallest absolute Gasteiger partial charge is 0.305 e. The van der Waals surface area contributed by atoms with Gasteiger partial charge in [-0.25, -0.2) is 0 Å². The first-order valence-corrected chi connectivity index (χ1v) is 41.8. The standard InChI is InChI=1S/C83H165NO5/c1-3-5-7-9-11-13-15-17-19-21-41-45-49-53-57-61-65-69-73-77-83(88)89-78-74-70-66-62-58-54-50-46-43-40-38-36-34-32-30-28-26-24-22-23-25-27-29-31-33-35-37-39-42-44-48-52-56-60-64-68-72-76-82(87)84-80(79-85)81(86)75-71-67-63-59-55-51-47-20-18-16-14-12-10-8-6-4-2/h80-81,85-86H,3-79H2,1-2H3,(H,84,87). The van der Waals surface area contributed by atoms with Crippen molar-refractivity contribution in [1.82, 2.24) is 5.32 Å². The lowest BCUT2D eigenvalue weighted by molar-refractivity contribution is -0.143. The minimum Gasteiger partial charge on any atom is -0.466 e. The molecule has 89 heavy (non-hydrogen) atoms. The number of hydrogen-bond donors (Lipinski definition) is 3. The molecular weight excluding hydrogens is 1090 g/mol. The third-order valence-electron chi connectivity index (χ3n) is 20.2. The molecule has 532 valence electrons. The van der Waals surface area contributed by atoms with E-state index in [2.05, 4.69) is 19.2 Å². The van der Waals surface area contributed by atoms with E-state index < -0.39 is 12.1 Å². The summed E-state index contributed by atoms with van der Waals surface area (Å²) in [5.74, 6) is 0.00539. The molecule has 0 aromatic rings. The number of unbranched alkanes of at least 4 members (excludes halogenated alkanes) is 69. The van der Waals surface area contributed by atoms with Crippen LogP contribution in [0, 0.1) is 0 Å². The van der Waals surface area contributed by atoms with Gasteiger partial charge in [-0.1, -0.05) is 457 Å². The van der Waals surface area contributed by atoms with Gasteiger partial charge in [-0.05, 0) is 25.7 Å². The van der Waals surface area contributed by atoms with Crippen molar-refractivity contribution >= 4 is 11.9 Å². The molecule has 0 aliphatic carbocycles. The maximum atomic E-state index is 12.5. The molecule has 1 amide bonds. The van der Waals surface area contributed by atoms with Crippen molar-refractivity contribution in [3.8, 4) is 0 Å². The molecule has 0 saturated heterocycles. The van der Waals surface area contributed by atoms with Crippen LogP contribution in [0.5, 0.6) is 0 Å². The lowest BCUT2D eigenvalue weighted by atomic mass is 10.0. The summed E-state index contributed by atoms with van der Waals surface area (Å²) in [6.07, 6.45) is 99.4. The number of aliphatic hydroxyl groups excluding tert-OH is 2. The number of ether oxygens (including phenoxy) is 1. The van der Waals surface area contributed by atoms with Crippen LogP contribution in [-0.4, -0.2) is 47.4 Å². The maximum Gasteiger partial charge on any atom is 0.305 e. The van der Waals surface area contributed by atoms with Crippen LogP contribution in [0.3, 0.4) is 0 Å². The van der Waals surface area contributed by atoms with Crippen LogP contribution in [0.1, 0.15) is 495 Å². The van der Waals surface area contributed by atoms with E-state index in [0.29, 0.717) is 25.9 Å². The second-order valence-electron chi connectivity index (χ2n) is 29.2. The Morgan fingerprint density at radius 1 is 0.270 bits per heavy atom. The maximum absolute atomic E-state index is 12.5. The first kappa shape index (κ1) is 87.9. The molecule has 0 bridgehead atoms. The van der Waals surface area contributed by atoms with E-state index in [1.165, 1.54) is 424 Å². The van der Waals surface area contributed by atoms with Crippen molar-refractivity contribution in [2.75, 3.05) is 13.2 Å². The average molecular weight is 1260 g/mol. The third-order valence-corrected chi connectivity index (χ3v) is 20.2. The number of carbonyl (C=O) groups is 2. The first-order valence-electron chi connectivity index (χ1n) is 41.8. The Kier molecular flexibility index (Phi) is 78.3. The van der Waals surface area contributed by atoms with Crippen molar-refractivity contribution in [3.05, 3.63) is 0 Å². The highest BCUT2D eigenvalue weighted by molar-refractivity contribution is 5.76. The molecule has 0 aliphatic heterocycles. The van der Waals surface area contributed by atoms with Gasteiger partial charge in [0.2, 0.25) is 5.91 Å². The molecule has 0 radical (unpaired) electrons. The molecule has 2 unspecified atom stereocenters. The molecule has 0 fully saturated rings. The number of hydrogen-bond acceptors (Lipinski definition) is 5. The monoisotopic (exact) mass is 1260 g/mol. The fourth-order valence-corrected chi connectivity index (χ4v) is 13.8. The van der Waals surface area contributed by atoms with E-state index in [4.69, 9.17) is 4.74 Å². The number of carbonyl (C=O) groups excluding carboxylic acids is 2. The molecule has 3 N–H and O–H groups in total. The number of esters is 1. The molecule has 2 atom stereocenters. The van der Waals surface area contributed by atoms with Gasteiger partial charge in [0.15, 0.2) is 0 Å². The quantitative estimate of drug-likeness (QED) is 0.0417. The van der Waals surface area contributed by atoms with Gasteiger partial charge in [0, 0.05) is 12.8 Å². The Labute approximate surface area is 559 Å². The second-order valence-corrected chi connectivity index (χ2v) is 29.2.